The highest BCUT2D eigenvalue weighted by molar-refractivity contribution is 9.10. The van der Waals surface area contributed by atoms with Crippen molar-refractivity contribution in [3.05, 3.63) is 34.3 Å². The molecule has 1 aromatic carbocycles. The van der Waals surface area contributed by atoms with Crippen molar-refractivity contribution in [3.8, 4) is 0 Å². The topological polar surface area (TPSA) is 0 Å². The number of thioether (sulfide) groups is 2. The summed E-state index contributed by atoms with van der Waals surface area (Å²) < 4.78 is 1.52. The summed E-state index contributed by atoms with van der Waals surface area (Å²) >= 11 is 7.86. The maximum atomic E-state index is 3.54. The van der Waals surface area contributed by atoms with Crippen LogP contribution in [-0.2, 0) is 4.08 Å². The Kier molecular flexibility index (Phi) is 6.64. The van der Waals surface area contributed by atoms with Crippen molar-refractivity contribution in [2.75, 3.05) is 11.5 Å². The molecule has 0 atom stereocenters. The fourth-order valence-electron chi connectivity index (χ4n) is 2.58. The summed E-state index contributed by atoms with van der Waals surface area (Å²) in [6.45, 7) is 2.28. The van der Waals surface area contributed by atoms with Crippen LogP contribution in [0.15, 0.2) is 28.7 Å². The summed E-state index contributed by atoms with van der Waals surface area (Å²) in [6.07, 6.45) is 8.23. The Morgan fingerprint density at radius 1 is 1.00 bits per heavy atom. The Bertz CT molecular complexity index is 369. The first-order chi connectivity index (χ1) is 9.27. The third-order valence-electron chi connectivity index (χ3n) is 3.65. The molecule has 0 bridgehead atoms. The molecule has 2 rings (SSSR count). The lowest BCUT2D eigenvalue weighted by atomic mass is 10.0. The minimum Gasteiger partial charge on any atom is -0.139 e. The summed E-state index contributed by atoms with van der Waals surface area (Å²) in [4.78, 5) is 0. The first-order valence-corrected chi connectivity index (χ1v) is 10.1. The maximum absolute atomic E-state index is 3.54. The number of benzene rings is 1. The monoisotopic (exact) mass is 358 g/mol. The van der Waals surface area contributed by atoms with Gasteiger partial charge in [0.1, 0.15) is 0 Å². The molecule has 1 aliphatic rings. The van der Waals surface area contributed by atoms with E-state index in [-0.39, 0.29) is 0 Å². The van der Waals surface area contributed by atoms with E-state index in [1.807, 2.05) is 0 Å². The van der Waals surface area contributed by atoms with E-state index in [1.54, 1.807) is 0 Å². The van der Waals surface area contributed by atoms with Crippen LogP contribution in [0.2, 0.25) is 0 Å². The second-order valence-electron chi connectivity index (χ2n) is 5.12. The zero-order chi connectivity index (χ0) is 13.6. The third kappa shape index (κ3) is 4.44. The van der Waals surface area contributed by atoms with Crippen LogP contribution in [0.1, 0.15) is 51.0 Å². The second-order valence-corrected chi connectivity index (χ2v) is 9.08. The van der Waals surface area contributed by atoms with Gasteiger partial charge in [-0.15, -0.1) is 23.5 Å². The van der Waals surface area contributed by atoms with E-state index in [4.69, 9.17) is 0 Å². The van der Waals surface area contributed by atoms with Gasteiger partial charge in [-0.25, -0.2) is 0 Å². The van der Waals surface area contributed by atoms with Crippen LogP contribution >= 0.6 is 39.5 Å². The largest absolute Gasteiger partial charge is 0.139 e. The van der Waals surface area contributed by atoms with E-state index >= 15 is 0 Å². The molecule has 3 heteroatoms. The number of rotatable bonds is 7. The minimum atomic E-state index is 0.340. The van der Waals surface area contributed by atoms with E-state index in [0.717, 1.165) is 0 Å². The van der Waals surface area contributed by atoms with Crippen molar-refractivity contribution in [2.45, 2.75) is 49.5 Å². The van der Waals surface area contributed by atoms with Gasteiger partial charge >= 0.3 is 0 Å². The smallest absolute Gasteiger partial charge is 0.0860 e. The normalized spacial score (nSPS) is 17.8. The highest BCUT2D eigenvalue weighted by atomic mass is 79.9. The molecule has 0 aromatic heterocycles. The standard InChI is InChI=1S/C16H23BrS2/c1-2-3-4-5-6-11-16(18-12-13-19-16)14-7-9-15(17)10-8-14/h7-10H,2-6,11-13H2,1H3. The minimum absolute atomic E-state index is 0.340. The first kappa shape index (κ1) is 15.8. The Balaban J connectivity index is 1.95. The van der Waals surface area contributed by atoms with E-state index in [2.05, 4.69) is 70.6 Å². The number of unbranched alkanes of at least 4 members (excludes halogenated alkanes) is 4. The van der Waals surface area contributed by atoms with E-state index in [9.17, 15) is 0 Å². The van der Waals surface area contributed by atoms with Crippen LogP contribution < -0.4 is 0 Å². The highest BCUT2D eigenvalue weighted by Gasteiger charge is 2.36. The molecule has 0 radical (unpaired) electrons. The average molecular weight is 359 g/mol. The van der Waals surface area contributed by atoms with Crippen LogP contribution in [0, 0.1) is 0 Å². The molecule has 1 heterocycles. The van der Waals surface area contributed by atoms with Crippen molar-refractivity contribution < 1.29 is 0 Å². The molecule has 0 nitrogen and oxygen atoms in total. The zero-order valence-electron chi connectivity index (χ0n) is 11.7. The van der Waals surface area contributed by atoms with Crippen molar-refractivity contribution in [3.63, 3.8) is 0 Å². The second kappa shape index (κ2) is 7.99. The summed E-state index contributed by atoms with van der Waals surface area (Å²) in [5.74, 6) is 2.60. The molecular formula is C16H23BrS2. The Hall–Kier alpha value is 0.400. The molecule has 0 spiro atoms. The van der Waals surface area contributed by atoms with E-state index < -0.39 is 0 Å². The lowest BCUT2D eigenvalue weighted by Crippen LogP contribution is -2.14. The van der Waals surface area contributed by atoms with E-state index in [1.165, 1.54) is 60.1 Å². The number of hydrogen-bond donors (Lipinski definition) is 0. The van der Waals surface area contributed by atoms with Gasteiger partial charge in [-0.05, 0) is 24.1 Å². The number of hydrogen-bond acceptors (Lipinski definition) is 2. The van der Waals surface area contributed by atoms with Gasteiger partial charge in [-0.2, -0.15) is 0 Å². The van der Waals surface area contributed by atoms with Gasteiger partial charge in [0, 0.05) is 16.0 Å². The molecule has 106 valence electrons. The zero-order valence-corrected chi connectivity index (χ0v) is 14.9. The number of halogens is 1. The lowest BCUT2D eigenvalue weighted by molar-refractivity contribution is 0.592. The Labute approximate surface area is 134 Å². The maximum Gasteiger partial charge on any atom is 0.0860 e. The van der Waals surface area contributed by atoms with Gasteiger partial charge in [0.2, 0.25) is 0 Å². The van der Waals surface area contributed by atoms with Crippen molar-refractivity contribution in [2.24, 2.45) is 0 Å². The molecule has 0 amide bonds. The van der Waals surface area contributed by atoms with Crippen molar-refractivity contribution >= 4 is 39.5 Å². The van der Waals surface area contributed by atoms with Gasteiger partial charge in [-0.1, -0.05) is 67.1 Å². The molecule has 19 heavy (non-hydrogen) atoms. The first-order valence-electron chi connectivity index (χ1n) is 7.31. The van der Waals surface area contributed by atoms with Crippen molar-refractivity contribution in [1.29, 1.82) is 0 Å². The SMILES string of the molecule is CCCCCCCC1(c2ccc(Br)cc2)SCCS1. The van der Waals surface area contributed by atoms with Crippen molar-refractivity contribution in [1.82, 2.24) is 0 Å². The molecule has 0 aliphatic carbocycles. The molecule has 1 aliphatic heterocycles. The van der Waals surface area contributed by atoms with Crippen LogP contribution in [0.25, 0.3) is 0 Å². The van der Waals surface area contributed by atoms with Gasteiger partial charge in [0.25, 0.3) is 0 Å². The fourth-order valence-corrected chi connectivity index (χ4v) is 6.18. The van der Waals surface area contributed by atoms with Gasteiger partial charge < -0.3 is 0 Å². The van der Waals surface area contributed by atoms with Crippen LogP contribution in [0.5, 0.6) is 0 Å². The highest BCUT2D eigenvalue weighted by Crippen LogP contribution is 2.55. The van der Waals surface area contributed by atoms with Gasteiger partial charge in [-0.3, -0.25) is 0 Å². The average Bonchev–Trinajstić information content (AvgIpc) is 2.89. The molecule has 0 N–H and O–H groups in total. The Morgan fingerprint density at radius 3 is 2.26 bits per heavy atom. The van der Waals surface area contributed by atoms with Gasteiger partial charge in [0.05, 0.1) is 4.08 Å². The molecule has 1 fully saturated rings. The predicted molar refractivity (Wildman–Crippen MR) is 94.1 cm³/mol. The molecule has 1 aromatic rings. The summed E-state index contributed by atoms with van der Waals surface area (Å²) in [5, 5.41) is 0. The molecule has 0 unspecified atom stereocenters. The molecule has 1 saturated heterocycles. The van der Waals surface area contributed by atoms with Crippen LogP contribution in [-0.4, -0.2) is 11.5 Å². The summed E-state index contributed by atoms with van der Waals surface area (Å²) in [5.41, 5.74) is 1.51. The quantitative estimate of drug-likeness (QED) is 0.514. The van der Waals surface area contributed by atoms with Crippen LogP contribution in [0.4, 0.5) is 0 Å². The third-order valence-corrected chi connectivity index (χ3v) is 7.77. The molecule has 0 saturated carbocycles. The van der Waals surface area contributed by atoms with Crippen LogP contribution in [0.3, 0.4) is 0 Å². The predicted octanol–water partition coefficient (Wildman–Crippen LogP) is 6.44. The fraction of sp³-hybridized carbons (Fsp3) is 0.625. The van der Waals surface area contributed by atoms with Gasteiger partial charge in [0.15, 0.2) is 0 Å². The summed E-state index contributed by atoms with van der Waals surface area (Å²) in [6, 6.07) is 8.99. The summed E-state index contributed by atoms with van der Waals surface area (Å²) in [7, 11) is 0. The lowest BCUT2D eigenvalue weighted by Gasteiger charge is -2.28. The Morgan fingerprint density at radius 2 is 1.63 bits per heavy atom. The molecular weight excluding hydrogens is 336 g/mol. The van der Waals surface area contributed by atoms with E-state index in [0.29, 0.717) is 4.08 Å².